The number of methoxy groups -OCH3 is 1. The highest BCUT2D eigenvalue weighted by Gasteiger charge is 2.21. The molecule has 1 atom stereocenters. The van der Waals surface area contributed by atoms with E-state index in [9.17, 15) is 9.59 Å². The molecule has 0 amide bonds. The van der Waals surface area contributed by atoms with Crippen LogP contribution in [-0.2, 0) is 4.74 Å². The van der Waals surface area contributed by atoms with Gasteiger partial charge in [0.2, 0.25) is 0 Å². The van der Waals surface area contributed by atoms with Crippen LogP contribution in [0, 0.1) is 0 Å². The highest BCUT2D eigenvalue weighted by Crippen LogP contribution is 2.20. The van der Waals surface area contributed by atoms with Gasteiger partial charge in [-0.2, -0.15) is 0 Å². The number of esters is 1. The first-order chi connectivity index (χ1) is 9.20. The van der Waals surface area contributed by atoms with Crippen LogP contribution >= 0.6 is 0 Å². The Morgan fingerprint density at radius 1 is 1.47 bits per heavy atom. The van der Waals surface area contributed by atoms with Crippen LogP contribution in [0.2, 0.25) is 0 Å². The molecule has 100 valence electrons. The summed E-state index contributed by atoms with van der Waals surface area (Å²) in [5.41, 5.74) is 1.81. The molecule has 6 heteroatoms. The van der Waals surface area contributed by atoms with Crippen molar-refractivity contribution in [2.45, 2.75) is 12.5 Å². The van der Waals surface area contributed by atoms with Gasteiger partial charge in [-0.1, -0.05) is 0 Å². The molecule has 6 nitrogen and oxygen atoms in total. The number of hydrogen-bond acceptors (Lipinski definition) is 4. The topological polar surface area (TPSA) is 76.1 Å². The second-order valence-electron chi connectivity index (χ2n) is 4.67. The molecule has 3 rings (SSSR count). The van der Waals surface area contributed by atoms with Crippen molar-refractivity contribution in [1.82, 2.24) is 14.9 Å². The molecule has 0 radical (unpaired) electrons. The van der Waals surface area contributed by atoms with Gasteiger partial charge in [0.25, 0.3) is 0 Å². The molecule has 0 spiro atoms. The van der Waals surface area contributed by atoms with E-state index in [0.29, 0.717) is 5.56 Å². The summed E-state index contributed by atoms with van der Waals surface area (Å²) in [6.07, 6.45) is 0.912. The third-order valence-electron chi connectivity index (χ3n) is 3.54. The van der Waals surface area contributed by atoms with Crippen LogP contribution in [0.3, 0.4) is 0 Å². The van der Waals surface area contributed by atoms with E-state index < -0.39 is 5.97 Å². The van der Waals surface area contributed by atoms with E-state index in [1.807, 2.05) is 0 Å². The number of H-pyrrole nitrogens is 1. The lowest BCUT2D eigenvalue weighted by Crippen LogP contribution is -2.23. The first-order valence-electron chi connectivity index (χ1n) is 6.24. The first-order valence-corrected chi connectivity index (χ1v) is 6.24. The van der Waals surface area contributed by atoms with E-state index in [2.05, 4.69) is 10.3 Å². The third kappa shape index (κ3) is 1.94. The molecule has 2 N–H and O–H groups in total. The van der Waals surface area contributed by atoms with E-state index in [-0.39, 0.29) is 11.7 Å². The van der Waals surface area contributed by atoms with Crippen LogP contribution in [-0.4, -0.2) is 35.7 Å². The maximum absolute atomic E-state index is 12.0. The van der Waals surface area contributed by atoms with Gasteiger partial charge in [-0.05, 0) is 31.2 Å². The number of nitrogens with zero attached hydrogens (tertiary/aromatic N) is 1. The molecule has 1 aromatic carbocycles. The van der Waals surface area contributed by atoms with Gasteiger partial charge in [0.05, 0.1) is 29.7 Å². The Hall–Kier alpha value is -2.08. The Bertz CT molecular complexity index is 680. The van der Waals surface area contributed by atoms with Gasteiger partial charge in [0, 0.05) is 6.54 Å². The van der Waals surface area contributed by atoms with Crippen LogP contribution in [0.5, 0.6) is 0 Å². The van der Waals surface area contributed by atoms with Gasteiger partial charge in [-0.3, -0.25) is 4.57 Å². The lowest BCUT2D eigenvalue weighted by molar-refractivity contribution is 0.0601. The largest absolute Gasteiger partial charge is 0.465 e. The highest BCUT2D eigenvalue weighted by atomic mass is 16.5. The summed E-state index contributed by atoms with van der Waals surface area (Å²) >= 11 is 0. The van der Waals surface area contributed by atoms with Crippen molar-refractivity contribution in [3.05, 3.63) is 34.2 Å². The molecule has 0 bridgehead atoms. The van der Waals surface area contributed by atoms with Crippen molar-refractivity contribution in [2.24, 2.45) is 0 Å². The highest BCUT2D eigenvalue weighted by molar-refractivity contribution is 5.93. The number of carbonyl (C=O) groups is 1. The molecule has 1 aliphatic rings. The second kappa shape index (κ2) is 4.55. The molecule has 19 heavy (non-hydrogen) atoms. The maximum atomic E-state index is 12.0. The number of carbonyl (C=O) groups excluding carboxylic acids is 1. The van der Waals surface area contributed by atoms with E-state index in [1.54, 1.807) is 22.8 Å². The van der Waals surface area contributed by atoms with Crippen molar-refractivity contribution < 1.29 is 9.53 Å². The van der Waals surface area contributed by atoms with Gasteiger partial charge in [0.15, 0.2) is 0 Å². The summed E-state index contributed by atoms with van der Waals surface area (Å²) in [4.78, 5) is 26.4. The molecule has 0 aliphatic carbocycles. The average molecular weight is 261 g/mol. The van der Waals surface area contributed by atoms with Crippen molar-refractivity contribution in [1.29, 1.82) is 0 Å². The van der Waals surface area contributed by atoms with E-state index >= 15 is 0 Å². The first kappa shape index (κ1) is 12.0. The number of hydrogen-bond donors (Lipinski definition) is 2. The zero-order valence-corrected chi connectivity index (χ0v) is 10.6. The standard InChI is InChI=1S/C13H15N3O3/c1-19-12(17)8-2-3-10-11(6-8)16(13(18)15-10)9-4-5-14-7-9/h2-3,6,9,14H,4-5,7H2,1H3,(H,15,18)/t9-/m0/s1. The molecule has 0 saturated carbocycles. The lowest BCUT2D eigenvalue weighted by Gasteiger charge is -2.10. The summed E-state index contributed by atoms with van der Waals surface area (Å²) in [6.45, 7) is 1.68. The van der Waals surface area contributed by atoms with E-state index in [0.717, 1.165) is 30.5 Å². The van der Waals surface area contributed by atoms with Gasteiger partial charge in [-0.15, -0.1) is 0 Å². The zero-order valence-electron chi connectivity index (χ0n) is 10.6. The number of ether oxygens (including phenoxy) is 1. The fraction of sp³-hybridized carbons (Fsp3) is 0.385. The molecule has 1 fully saturated rings. The molecular formula is C13H15N3O3. The minimum atomic E-state index is -0.397. The zero-order chi connectivity index (χ0) is 13.4. The second-order valence-corrected chi connectivity index (χ2v) is 4.67. The molecule has 1 aromatic heterocycles. The molecule has 2 aromatic rings. The van der Waals surface area contributed by atoms with E-state index in [1.165, 1.54) is 7.11 Å². The Morgan fingerprint density at radius 3 is 3.00 bits per heavy atom. The normalized spacial score (nSPS) is 18.9. The molecule has 1 aliphatic heterocycles. The number of aromatic nitrogens is 2. The van der Waals surface area contributed by atoms with E-state index in [4.69, 9.17) is 4.74 Å². The minimum Gasteiger partial charge on any atom is -0.465 e. The Balaban J connectivity index is 2.17. The fourth-order valence-corrected chi connectivity index (χ4v) is 2.59. The molecule has 1 saturated heterocycles. The Morgan fingerprint density at radius 2 is 2.32 bits per heavy atom. The van der Waals surface area contributed by atoms with Crippen molar-refractivity contribution in [3.63, 3.8) is 0 Å². The van der Waals surface area contributed by atoms with Crippen LogP contribution in [0.4, 0.5) is 0 Å². The Kier molecular flexibility index (Phi) is 2.87. The third-order valence-corrected chi connectivity index (χ3v) is 3.54. The summed E-state index contributed by atoms with van der Waals surface area (Å²) < 4.78 is 6.43. The maximum Gasteiger partial charge on any atom is 0.337 e. The summed E-state index contributed by atoms with van der Waals surface area (Å²) in [5, 5.41) is 3.24. The smallest absolute Gasteiger partial charge is 0.337 e. The lowest BCUT2D eigenvalue weighted by atomic mass is 10.2. The predicted octanol–water partition coefficient (Wildman–Crippen LogP) is 0.651. The number of imidazole rings is 1. The average Bonchev–Trinajstić information content (AvgIpc) is 3.02. The molecule has 0 unspecified atom stereocenters. The number of rotatable bonds is 2. The van der Waals surface area contributed by atoms with Crippen molar-refractivity contribution in [3.8, 4) is 0 Å². The van der Waals surface area contributed by atoms with Gasteiger partial charge in [-0.25, -0.2) is 9.59 Å². The van der Waals surface area contributed by atoms with Crippen LogP contribution in [0.15, 0.2) is 23.0 Å². The van der Waals surface area contributed by atoms with Gasteiger partial charge >= 0.3 is 11.7 Å². The molecule has 2 heterocycles. The summed E-state index contributed by atoms with van der Waals surface area (Å²) in [5.74, 6) is -0.397. The molecular weight excluding hydrogens is 246 g/mol. The number of benzene rings is 1. The minimum absolute atomic E-state index is 0.133. The fourth-order valence-electron chi connectivity index (χ4n) is 2.59. The van der Waals surface area contributed by atoms with Gasteiger partial charge < -0.3 is 15.0 Å². The Labute approximate surface area is 109 Å². The quantitative estimate of drug-likeness (QED) is 0.778. The SMILES string of the molecule is COC(=O)c1ccc2[nH]c(=O)n([C@H]3CCNC3)c2c1. The van der Waals surface area contributed by atoms with Gasteiger partial charge in [0.1, 0.15) is 0 Å². The predicted molar refractivity (Wildman–Crippen MR) is 70.4 cm³/mol. The van der Waals surface area contributed by atoms with Crippen molar-refractivity contribution in [2.75, 3.05) is 20.2 Å². The number of aromatic amines is 1. The van der Waals surface area contributed by atoms with Crippen LogP contribution in [0.1, 0.15) is 22.8 Å². The summed E-state index contributed by atoms with van der Waals surface area (Å²) in [6, 6.07) is 5.23. The monoisotopic (exact) mass is 261 g/mol. The summed E-state index contributed by atoms with van der Waals surface area (Å²) in [7, 11) is 1.34. The number of fused-ring (bicyclic) bond motifs is 1. The number of nitrogens with one attached hydrogen (secondary N) is 2. The van der Waals surface area contributed by atoms with Crippen LogP contribution < -0.4 is 11.0 Å². The van der Waals surface area contributed by atoms with Crippen molar-refractivity contribution >= 4 is 17.0 Å². The van der Waals surface area contributed by atoms with Crippen LogP contribution in [0.25, 0.3) is 11.0 Å².